The summed E-state index contributed by atoms with van der Waals surface area (Å²) in [6.07, 6.45) is 4.92. The van der Waals surface area contributed by atoms with Gasteiger partial charge in [-0.2, -0.15) is 0 Å². The lowest BCUT2D eigenvalue weighted by Crippen LogP contribution is -2.32. The molecule has 5 nitrogen and oxygen atoms in total. The molecular weight excluding hydrogens is 218 g/mol. The zero-order valence-electron chi connectivity index (χ0n) is 9.69. The van der Waals surface area contributed by atoms with Crippen LogP contribution in [0.25, 0.3) is 0 Å². The third kappa shape index (κ3) is 2.55. The molecule has 2 rings (SSSR count). The van der Waals surface area contributed by atoms with Gasteiger partial charge in [0, 0.05) is 31.5 Å². The monoisotopic (exact) mass is 235 g/mol. The van der Waals surface area contributed by atoms with Gasteiger partial charge in [-0.1, -0.05) is 0 Å². The fourth-order valence-electron chi connectivity index (χ4n) is 2.24. The largest absolute Gasteiger partial charge is 0.367 e. The number of hydrogen-bond acceptors (Lipinski definition) is 3. The van der Waals surface area contributed by atoms with Crippen LogP contribution >= 0.6 is 0 Å². The number of nitrogens with zero attached hydrogens (tertiary/aromatic N) is 1. The number of likely N-dealkylation sites (tertiary alicyclic amines) is 1. The van der Waals surface area contributed by atoms with E-state index in [-0.39, 0.29) is 16.9 Å². The molecule has 2 heterocycles. The van der Waals surface area contributed by atoms with E-state index in [4.69, 9.17) is 5.73 Å². The van der Waals surface area contributed by atoms with Gasteiger partial charge in [0.05, 0.1) is 0 Å². The first-order chi connectivity index (χ1) is 8.22. The maximum absolute atomic E-state index is 12.1. The SMILES string of the molecule is NCCC1CCN(C(=O)c2c[nH]ccc2=O)C1. The number of H-pyrrole nitrogens is 1. The van der Waals surface area contributed by atoms with E-state index in [0.29, 0.717) is 19.0 Å². The highest BCUT2D eigenvalue weighted by Crippen LogP contribution is 2.19. The highest BCUT2D eigenvalue weighted by molar-refractivity contribution is 5.93. The Kier molecular flexibility index (Phi) is 3.58. The Morgan fingerprint density at radius 3 is 3.12 bits per heavy atom. The maximum atomic E-state index is 12.1. The van der Waals surface area contributed by atoms with E-state index in [1.807, 2.05) is 0 Å². The number of carbonyl (C=O) groups excluding carboxylic acids is 1. The van der Waals surface area contributed by atoms with E-state index in [1.54, 1.807) is 4.90 Å². The van der Waals surface area contributed by atoms with Gasteiger partial charge in [0.2, 0.25) is 0 Å². The fraction of sp³-hybridized carbons (Fsp3) is 0.500. The van der Waals surface area contributed by atoms with Crippen LogP contribution in [-0.4, -0.2) is 35.4 Å². The summed E-state index contributed by atoms with van der Waals surface area (Å²) < 4.78 is 0. The number of pyridine rings is 1. The first-order valence-electron chi connectivity index (χ1n) is 5.89. The molecule has 1 amide bonds. The van der Waals surface area contributed by atoms with Crippen molar-refractivity contribution < 1.29 is 4.79 Å². The van der Waals surface area contributed by atoms with Crippen molar-refractivity contribution >= 4 is 5.91 Å². The standard InChI is InChI=1S/C12H17N3O2/c13-4-1-9-3-6-15(8-9)12(17)10-7-14-5-2-11(10)16/h2,5,7,9H,1,3-4,6,8,13H2,(H,14,16). The summed E-state index contributed by atoms with van der Waals surface area (Å²) >= 11 is 0. The molecule has 0 bridgehead atoms. The number of aromatic nitrogens is 1. The Balaban J connectivity index is 2.07. The molecule has 1 fully saturated rings. The molecule has 0 radical (unpaired) electrons. The quantitative estimate of drug-likeness (QED) is 0.784. The molecule has 1 saturated heterocycles. The second-order valence-corrected chi connectivity index (χ2v) is 4.41. The number of rotatable bonds is 3. The number of aromatic amines is 1. The average molecular weight is 235 g/mol. The summed E-state index contributed by atoms with van der Waals surface area (Å²) in [5, 5.41) is 0. The first kappa shape index (κ1) is 11.9. The van der Waals surface area contributed by atoms with Gasteiger partial charge in [0.1, 0.15) is 5.56 Å². The average Bonchev–Trinajstić information content (AvgIpc) is 2.78. The van der Waals surface area contributed by atoms with Crippen molar-refractivity contribution in [2.45, 2.75) is 12.8 Å². The number of nitrogens with one attached hydrogen (secondary N) is 1. The van der Waals surface area contributed by atoms with Gasteiger partial charge >= 0.3 is 0 Å². The van der Waals surface area contributed by atoms with Gasteiger partial charge in [-0.25, -0.2) is 0 Å². The number of amides is 1. The second-order valence-electron chi connectivity index (χ2n) is 4.41. The minimum Gasteiger partial charge on any atom is -0.367 e. The molecule has 1 aliphatic heterocycles. The van der Waals surface area contributed by atoms with E-state index in [0.717, 1.165) is 19.4 Å². The molecular formula is C12H17N3O2. The van der Waals surface area contributed by atoms with Crippen LogP contribution in [0.3, 0.4) is 0 Å². The lowest BCUT2D eigenvalue weighted by atomic mass is 10.1. The Hall–Kier alpha value is -1.62. The Morgan fingerprint density at radius 2 is 2.41 bits per heavy atom. The minimum atomic E-state index is -0.226. The Labute approximate surface area is 99.6 Å². The Morgan fingerprint density at radius 1 is 1.59 bits per heavy atom. The summed E-state index contributed by atoms with van der Waals surface area (Å²) in [5.74, 6) is 0.304. The maximum Gasteiger partial charge on any atom is 0.259 e. The van der Waals surface area contributed by atoms with E-state index in [2.05, 4.69) is 4.98 Å². The minimum absolute atomic E-state index is 0.175. The van der Waals surface area contributed by atoms with Crippen LogP contribution in [0.4, 0.5) is 0 Å². The predicted octanol–water partition coefficient (Wildman–Crippen LogP) is 0.186. The highest BCUT2D eigenvalue weighted by Gasteiger charge is 2.27. The zero-order valence-corrected chi connectivity index (χ0v) is 9.69. The van der Waals surface area contributed by atoms with Crippen molar-refractivity contribution in [1.82, 2.24) is 9.88 Å². The van der Waals surface area contributed by atoms with Crippen molar-refractivity contribution in [2.24, 2.45) is 11.7 Å². The van der Waals surface area contributed by atoms with Gasteiger partial charge in [-0.15, -0.1) is 0 Å². The number of hydrogen-bond donors (Lipinski definition) is 2. The lowest BCUT2D eigenvalue weighted by Gasteiger charge is -2.15. The number of nitrogens with two attached hydrogens (primary N) is 1. The van der Waals surface area contributed by atoms with Gasteiger partial charge in [-0.3, -0.25) is 9.59 Å². The van der Waals surface area contributed by atoms with Crippen molar-refractivity contribution in [3.8, 4) is 0 Å². The molecule has 1 unspecified atom stereocenters. The zero-order chi connectivity index (χ0) is 12.3. The second kappa shape index (κ2) is 5.14. The van der Waals surface area contributed by atoms with Crippen molar-refractivity contribution in [3.05, 3.63) is 34.2 Å². The number of carbonyl (C=O) groups is 1. The van der Waals surface area contributed by atoms with Crippen LogP contribution in [0, 0.1) is 5.92 Å². The third-order valence-corrected chi connectivity index (χ3v) is 3.20. The van der Waals surface area contributed by atoms with Gasteiger partial charge in [0.15, 0.2) is 5.43 Å². The molecule has 1 aromatic heterocycles. The predicted molar refractivity (Wildman–Crippen MR) is 64.7 cm³/mol. The Bertz CT molecular complexity index is 455. The molecule has 1 aliphatic rings. The van der Waals surface area contributed by atoms with Crippen molar-refractivity contribution in [2.75, 3.05) is 19.6 Å². The van der Waals surface area contributed by atoms with Crippen molar-refractivity contribution in [1.29, 1.82) is 0 Å². The molecule has 0 spiro atoms. The molecule has 92 valence electrons. The third-order valence-electron chi connectivity index (χ3n) is 3.20. The van der Waals surface area contributed by atoms with Gasteiger partial charge < -0.3 is 15.6 Å². The highest BCUT2D eigenvalue weighted by atomic mass is 16.2. The van der Waals surface area contributed by atoms with Crippen LogP contribution in [0.15, 0.2) is 23.3 Å². The van der Waals surface area contributed by atoms with E-state index >= 15 is 0 Å². The van der Waals surface area contributed by atoms with E-state index in [9.17, 15) is 9.59 Å². The summed E-state index contributed by atoms with van der Waals surface area (Å²) in [6.45, 7) is 2.08. The van der Waals surface area contributed by atoms with Crippen LogP contribution in [0.2, 0.25) is 0 Å². The van der Waals surface area contributed by atoms with E-state index in [1.165, 1.54) is 18.5 Å². The molecule has 0 saturated carbocycles. The van der Waals surface area contributed by atoms with E-state index < -0.39 is 0 Å². The summed E-state index contributed by atoms with van der Waals surface area (Å²) in [5.41, 5.74) is 5.50. The molecule has 17 heavy (non-hydrogen) atoms. The summed E-state index contributed by atoms with van der Waals surface area (Å²) in [6, 6.07) is 1.38. The molecule has 3 N–H and O–H groups in total. The molecule has 5 heteroatoms. The van der Waals surface area contributed by atoms with Crippen molar-refractivity contribution in [3.63, 3.8) is 0 Å². The summed E-state index contributed by atoms with van der Waals surface area (Å²) in [4.78, 5) is 28.1. The molecule has 0 aliphatic carbocycles. The van der Waals surface area contributed by atoms with Gasteiger partial charge in [0.25, 0.3) is 5.91 Å². The lowest BCUT2D eigenvalue weighted by molar-refractivity contribution is 0.0785. The smallest absolute Gasteiger partial charge is 0.259 e. The molecule has 1 atom stereocenters. The fourth-order valence-corrected chi connectivity index (χ4v) is 2.24. The van der Waals surface area contributed by atoms with Crippen LogP contribution in [0.5, 0.6) is 0 Å². The summed E-state index contributed by atoms with van der Waals surface area (Å²) in [7, 11) is 0. The normalized spacial score (nSPS) is 19.6. The molecule has 1 aromatic rings. The first-order valence-corrected chi connectivity index (χ1v) is 5.89. The topological polar surface area (TPSA) is 79.2 Å². The molecule has 0 aromatic carbocycles. The van der Waals surface area contributed by atoms with Crippen LogP contribution in [0.1, 0.15) is 23.2 Å². The van der Waals surface area contributed by atoms with Gasteiger partial charge in [-0.05, 0) is 25.3 Å². The van der Waals surface area contributed by atoms with Crippen LogP contribution < -0.4 is 11.2 Å². The van der Waals surface area contributed by atoms with Crippen LogP contribution in [-0.2, 0) is 0 Å².